The molecule has 0 aliphatic carbocycles. The van der Waals surface area contributed by atoms with E-state index >= 15 is 0 Å². The quantitative estimate of drug-likeness (QED) is 0.153. The zero-order chi connectivity index (χ0) is 36.1. The van der Waals surface area contributed by atoms with E-state index in [1.807, 2.05) is 61.0 Å². The number of aryl methyl sites for hydroxylation is 3. The predicted molar refractivity (Wildman–Crippen MR) is 197 cm³/mol. The molecule has 5 heterocycles. The van der Waals surface area contributed by atoms with E-state index in [4.69, 9.17) is 30.7 Å². The molecule has 10 nitrogen and oxygen atoms in total. The minimum Gasteiger partial charge on any atom is -0.473 e. The number of aromatic nitrogens is 5. The fourth-order valence-corrected chi connectivity index (χ4v) is 6.98. The summed E-state index contributed by atoms with van der Waals surface area (Å²) < 4.78 is 41.0. The molecule has 2 N–H and O–H groups in total. The van der Waals surface area contributed by atoms with Gasteiger partial charge in [-0.3, -0.25) is 14.8 Å². The van der Waals surface area contributed by atoms with Gasteiger partial charge >= 0.3 is 0 Å². The van der Waals surface area contributed by atoms with Crippen molar-refractivity contribution >= 4 is 61.7 Å². The SMILES string of the molecule is Cc1cc2c(Cl)ccc(COc3cccc(C4=CCN(Cc5nc6cc(C(=O)Nc7cc(C)c8n[nH]c(C(F)F)c8c7)ccc6n5C)CC4)n3)c2o1. The first-order valence-corrected chi connectivity index (χ1v) is 17.2. The molecule has 52 heavy (non-hydrogen) atoms. The van der Waals surface area contributed by atoms with Crippen LogP contribution in [0, 0.1) is 13.8 Å². The molecule has 4 aromatic heterocycles. The maximum Gasteiger partial charge on any atom is 0.280 e. The Kier molecular flexibility index (Phi) is 8.72. The summed E-state index contributed by atoms with van der Waals surface area (Å²) in [6.45, 7) is 6.15. The van der Waals surface area contributed by atoms with E-state index in [1.54, 1.807) is 25.1 Å². The van der Waals surface area contributed by atoms with Crippen molar-refractivity contribution in [2.24, 2.45) is 7.05 Å². The van der Waals surface area contributed by atoms with Gasteiger partial charge in [-0.25, -0.2) is 18.7 Å². The number of H-pyrrole nitrogens is 1. The molecule has 0 unspecified atom stereocenters. The number of aromatic amines is 1. The van der Waals surface area contributed by atoms with E-state index in [1.165, 1.54) is 6.07 Å². The molecule has 1 aliphatic heterocycles. The molecule has 264 valence electrons. The minimum atomic E-state index is -2.71. The van der Waals surface area contributed by atoms with E-state index in [2.05, 4.69) is 26.5 Å². The maximum absolute atomic E-state index is 13.5. The van der Waals surface area contributed by atoms with E-state index < -0.39 is 6.43 Å². The second-order valence-corrected chi connectivity index (χ2v) is 13.4. The number of carbonyl (C=O) groups is 1. The topological polar surface area (TPSA) is 114 Å². The number of amides is 1. The van der Waals surface area contributed by atoms with Gasteiger partial charge < -0.3 is 19.0 Å². The number of pyridine rings is 1. The van der Waals surface area contributed by atoms with Crippen LogP contribution in [-0.4, -0.2) is 48.6 Å². The molecule has 8 rings (SSSR count). The van der Waals surface area contributed by atoms with Gasteiger partial charge in [0.2, 0.25) is 5.88 Å². The predicted octanol–water partition coefficient (Wildman–Crippen LogP) is 8.92. The molecule has 7 aromatic rings. The zero-order valence-corrected chi connectivity index (χ0v) is 29.4. The lowest BCUT2D eigenvalue weighted by atomic mass is 10.0. The molecular formula is C39H34ClF2N7O3. The lowest BCUT2D eigenvalue weighted by Gasteiger charge is -2.25. The van der Waals surface area contributed by atoms with E-state index in [-0.39, 0.29) is 17.0 Å². The number of anilines is 1. The molecule has 0 atom stereocenters. The Morgan fingerprint density at radius 1 is 1.08 bits per heavy atom. The molecule has 0 radical (unpaired) electrons. The van der Waals surface area contributed by atoms with Gasteiger partial charge in [0.15, 0.2) is 0 Å². The number of fused-ring (bicyclic) bond motifs is 3. The van der Waals surface area contributed by atoms with Gasteiger partial charge in [0.1, 0.15) is 29.5 Å². The first-order chi connectivity index (χ1) is 25.1. The zero-order valence-electron chi connectivity index (χ0n) is 28.6. The van der Waals surface area contributed by atoms with Crippen molar-refractivity contribution in [2.75, 3.05) is 18.4 Å². The monoisotopic (exact) mass is 721 g/mol. The molecule has 3 aromatic carbocycles. The minimum absolute atomic E-state index is 0.273. The number of nitrogens with one attached hydrogen (secondary N) is 2. The van der Waals surface area contributed by atoms with E-state index in [0.717, 1.165) is 64.4 Å². The largest absolute Gasteiger partial charge is 0.473 e. The standard InChI is InChI=1S/C39H34ClF2N7O3/c1-21-15-26(18-28-35(21)46-47-36(28)38(41)42)43-39(50)24-8-10-32-31(17-24)44-33(48(32)3)19-49-13-11-23(12-14-49)30-5-4-6-34(45-30)51-20-25-7-9-29(40)27-16-22(2)52-37(25)27/h4-11,15-18,38H,12-14,19-20H2,1-3H3,(H,43,50)(H,46,47). The number of halogens is 3. The Balaban J connectivity index is 0.922. The summed E-state index contributed by atoms with van der Waals surface area (Å²) in [7, 11) is 1.97. The number of furan rings is 1. The van der Waals surface area contributed by atoms with Gasteiger partial charge in [0, 0.05) is 53.8 Å². The van der Waals surface area contributed by atoms with Crippen molar-refractivity contribution in [1.82, 2.24) is 29.6 Å². The number of imidazole rings is 1. The van der Waals surface area contributed by atoms with Crippen LogP contribution in [0.15, 0.2) is 77.2 Å². The highest BCUT2D eigenvalue weighted by atomic mass is 35.5. The summed E-state index contributed by atoms with van der Waals surface area (Å²) in [5.74, 6) is 1.85. The average Bonchev–Trinajstić information content (AvgIpc) is 3.84. The first-order valence-electron chi connectivity index (χ1n) is 16.8. The van der Waals surface area contributed by atoms with Gasteiger partial charge in [0.25, 0.3) is 12.3 Å². The summed E-state index contributed by atoms with van der Waals surface area (Å²) >= 11 is 6.35. The van der Waals surface area contributed by atoms with Crippen molar-refractivity contribution in [1.29, 1.82) is 0 Å². The van der Waals surface area contributed by atoms with Gasteiger partial charge in [-0.15, -0.1) is 0 Å². The van der Waals surface area contributed by atoms with Crippen molar-refractivity contribution < 1.29 is 22.7 Å². The van der Waals surface area contributed by atoms with Crippen LogP contribution in [0.1, 0.15) is 57.3 Å². The summed E-state index contributed by atoms with van der Waals surface area (Å²) in [5, 5.41) is 11.1. The summed E-state index contributed by atoms with van der Waals surface area (Å²) in [6, 6.07) is 20.1. The second kappa shape index (κ2) is 13.5. The highest BCUT2D eigenvalue weighted by Crippen LogP contribution is 2.32. The molecule has 1 amide bonds. The van der Waals surface area contributed by atoms with Crippen LogP contribution >= 0.6 is 11.6 Å². The third-order valence-corrected chi connectivity index (χ3v) is 9.84. The summed E-state index contributed by atoms with van der Waals surface area (Å²) in [6.07, 6.45) is 0.305. The van der Waals surface area contributed by atoms with Crippen LogP contribution < -0.4 is 10.1 Å². The van der Waals surface area contributed by atoms with Crippen molar-refractivity contribution in [2.45, 2.75) is 39.8 Å². The van der Waals surface area contributed by atoms with Crippen LogP contribution in [0.3, 0.4) is 0 Å². The molecule has 13 heteroatoms. The van der Waals surface area contributed by atoms with Crippen LogP contribution in [0.2, 0.25) is 5.02 Å². The molecule has 0 saturated heterocycles. The Labute approximate surface area is 302 Å². The number of nitrogens with zero attached hydrogens (tertiary/aromatic N) is 5. The van der Waals surface area contributed by atoms with Gasteiger partial charge in [-0.1, -0.05) is 29.8 Å². The van der Waals surface area contributed by atoms with E-state index in [9.17, 15) is 13.6 Å². The molecule has 0 saturated carbocycles. The van der Waals surface area contributed by atoms with Crippen LogP contribution in [-0.2, 0) is 20.2 Å². The third kappa shape index (κ3) is 6.39. The summed E-state index contributed by atoms with van der Waals surface area (Å²) in [4.78, 5) is 25.2. The molecule has 0 fully saturated rings. The van der Waals surface area contributed by atoms with Crippen molar-refractivity contribution in [3.8, 4) is 5.88 Å². The van der Waals surface area contributed by atoms with Crippen LogP contribution in [0.5, 0.6) is 5.88 Å². The van der Waals surface area contributed by atoms with Crippen molar-refractivity contribution in [3.63, 3.8) is 0 Å². The van der Waals surface area contributed by atoms with Gasteiger partial charge in [-0.2, -0.15) is 5.10 Å². The summed E-state index contributed by atoms with van der Waals surface area (Å²) in [5.41, 5.74) is 6.95. The molecule has 0 bridgehead atoms. The average molecular weight is 722 g/mol. The number of alkyl halides is 2. The Morgan fingerprint density at radius 3 is 2.75 bits per heavy atom. The van der Waals surface area contributed by atoms with Crippen LogP contribution in [0.25, 0.3) is 38.5 Å². The molecule has 0 spiro atoms. The normalized spacial score (nSPS) is 13.8. The smallest absolute Gasteiger partial charge is 0.280 e. The lowest BCUT2D eigenvalue weighted by Crippen LogP contribution is -2.29. The Hall–Kier alpha value is -5.59. The molecule has 1 aliphatic rings. The van der Waals surface area contributed by atoms with Crippen LogP contribution in [0.4, 0.5) is 14.5 Å². The maximum atomic E-state index is 13.5. The number of benzene rings is 3. The fourth-order valence-electron chi connectivity index (χ4n) is 6.78. The highest BCUT2D eigenvalue weighted by Gasteiger charge is 2.20. The number of hydrogen-bond donors (Lipinski definition) is 2. The Morgan fingerprint density at radius 2 is 1.94 bits per heavy atom. The fraction of sp³-hybridized carbons (Fsp3) is 0.231. The van der Waals surface area contributed by atoms with E-state index in [0.29, 0.717) is 51.9 Å². The third-order valence-electron chi connectivity index (χ3n) is 9.51. The Bertz CT molecular complexity index is 2540. The molecular weight excluding hydrogens is 688 g/mol. The number of hydrogen-bond acceptors (Lipinski definition) is 7. The highest BCUT2D eigenvalue weighted by molar-refractivity contribution is 6.35. The lowest BCUT2D eigenvalue weighted by molar-refractivity contribution is 0.102. The number of ether oxygens (including phenoxy) is 1. The van der Waals surface area contributed by atoms with Gasteiger partial charge in [-0.05, 0) is 79.9 Å². The number of rotatable bonds is 9. The van der Waals surface area contributed by atoms with Gasteiger partial charge in [0.05, 0.1) is 33.8 Å². The second-order valence-electron chi connectivity index (χ2n) is 13.0. The first kappa shape index (κ1) is 33.5. The number of carbonyl (C=O) groups excluding carboxylic acids is 1. The van der Waals surface area contributed by atoms with Crippen molar-refractivity contribution in [3.05, 3.63) is 117 Å².